The molecule has 4 heterocycles. The largest absolute Gasteiger partial charge is 0.497 e. The Kier molecular flexibility index (Phi) is 8.26. The van der Waals surface area contributed by atoms with Crippen LogP contribution in [0.1, 0.15) is 19.3 Å². The molecule has 0 radical (unpaired) electrons. The molecule has 0 unspecified atom stereocenters. The quantitative estimate of drug-likeness (QED) is 0.267. The maximum atomic E-state index is 13.8. The molecular weight excluding hydrogens is 561 g/mol. The second-order valence-corrected chi connectivity index (χ2v) is 11.2. The second-order valence-electron chi connectivity index (χ2n) is 11.2. The predicted octanol–water partition coefficient (Wildman–Crippen LogP) is 4.74. The molecule has 6 rings (SSSR count). The Morgan fingerprint density at radius 2 is 1.93 bits per heavy atom. The number of carbonyl (C=O) groups excluding carboxylic acids is 1. The summed E-state index contributed by atoms with van der Waals surface area (Å²) >= 11 is 0. The van der Waals surface area contributed by atoms with Crippen LogP contribution in [0.3, 0.4) is 0 Å². The summed E-state index contributed by atoms with van der Waals surface area (Å²) in [4.78, 5) is 32.7. The van der Waals surface area contributed by atoms with Gasteiger partial charge in [0, 0.05) is 31.2 Å². The van der Waals surface area contributed by atoms with Crippen molar-refractivity contribution in [3.63, 3.8) is 0 Å². The Labute approximate surface area is 255 Å². The average molecular weight is 596 g/mol. The lowest BCUT2D eigenvalue weighted by atomic mass is 10.0. The molecule has 226 valence electrons. The fourth-order valence-electron chi connectivity index (χ4n) is 6.15. The van der Waals surface area contributed by atoms with Gasteiger partial charge in [-0.25, -0.2) is 9.37 Å². The minimum absolute atomic E-state index is 0.0429. The number of hydrogen-bond acceptors (Lipinski definition) is 9. The Morgan fingerprint density at radius 1 is 1.09 bits per heavy atom. The van der Waals surface area contributed by atoms with Gasteiger partial charge in [0.15, 0.2) is 11.5 Å². The SMILES string of the molecule is C=C(F)C(=O)N1CCN(c2nc(OC[C@@H]3CCCN3C)nc3nc(-c4cc(OC)cc5ccccc45)ccc23)C[C@@H]1CC#N. The maximum Gasteiger partial charge on any atom is 0.320 e. The molecule has 2 saturated heterocycles. The molecule has 4 aromatic rings. The first-order valence-electron chi connectivity index (χ1n) is 14.7. The molecule has 1 amide bonds. The molecule has 2 aromatic heterocycles. The van der Waals surface area contributed by atoms with Crippen molar-refractivity contribution in [1.29, 1.82) is 5.26 Å². The zero-order chi connectivity index (χ0) is 30.8. The third-order valence-corrected chi connectivity index (χ3v) is 8.54. The van der Waals surface area contributed by atoms with Crippen LogP contribution in [0.4, 0.5) is 10.2 Å². The van der Waals surface area contributed by atoms with E-state index in [1.165, 1.54) is 4.90 Å². The van der Waals surface area contributed by atoms with Crippen molar-refractivity contribution in [2.75, 3.05) is 51.8 Å². The first-order valence-corrected chi connectivity index (χ1v) is 14.7. The monoisotopic (exact) mass is 595 g/mol. The molecular formula is C33H34FN7O3. The van der Waals surface area contributed by atoms with E-state index in [0.717, 1.165) is 47.2 Å². The van der Waals surface area contributed by atoms with Gasteiger partial charge in [-0.05, 0) is 61.5 Å². The number of nitriles is 1. The molecule has 44 heavy (non-hydrogen) atoms. The number of nitrogens with zero attached hydrogens (tertiary/aromatic N) is 7. The number of rotatable bonds is 8. The van der Waals surface area contributed by atoms with Crippen LogP contribution in [-0.2, 0) is 4.79 Å². The number of carbonyl (C=O) groups is 1. The summed E-state index contributed by atoms with van der Waals surface area (Å²) in [5.41, 5.74) is 2.09. The molecule has 11 heteroatoms. The van der Waals surface area contributed by atoms with Crippen molar-refractivity contribution in [3.8, 4) is 29.1 Å². The van der Waals surface area contributed by atoms with Crippen LogP contribution < -0.4 is 14.4 Å². The van der Waals surface area contributed by atoms with E-state index in [4.69, 9.17) is 24.4 Å². The highest BCUT2D eigenvalue weighted by molar-refractivity contribution is 5.99. The number of likely N-dealkylation sites (tertiary alicyclic amines) is 1. The molecule has 0 bridgehead atoms. The Balaban J connectivity index is 1.42. The standard InChI is InChI=1S/C33H34FN7O3/c1-21(34)32(42)41-16-15-40(19-23(41)12-13-35)31-27-10-11-29(28-18-25(43-3)17-22-7-4-5-9-26(22)28)36-30(27)37-33(38-31)44-20-24-8-6-14-39(24)2/h4-5,7,9-11,17-18,23-24H,1,6,8,12,14-16,19-20H2,2-3H3/t23-,24-/m0/s1. The molecule has 2 aliphatic heterocycles. The average Bonchev–Trinajstić information content (AvgIpc) is 3.46. The van der Waals surface area contributed by atoms with Crippen molar-refractivity contribution in [2.24, 2.45) is 0 Å². The molecule has 2 atom stereocenters. The number of pyridine rings is 1. The molecule has 0 aliphatic carbocycles. The number of aromatic nitrogens is 3. The van der Waals surface area contributed by atoms with Crippen molar-refractivity contribution in [3.05, 3.63) is 60.9 Å². The summed E-state index contributed by atoms with van der Waals surface area (Å²) in [5, 5.41) is 12.3. The third kappa shape index (κ3) is 5.73. The van der Waals surface area contributed by atoms with Crippen LogP contribution in [0.25, 0.3) is 33.1 Å². The van der Waals surface area contributed by atoms with Gasteiger partial charge in [0.25, 0.3) is 5.91 Å². The number of ether oxygens (including phenoxy) is 2. The molecule has 0 spiro atoms. The number of benzene rings is 2. The van der Waals surface area contributed by atoms with E-state index in [0.29, 0.717) is 30.0 Å². The number of methoxy groups -OCH3 is 1. The van der Waals surface area contributed by atoms with Gasteiger partial charge in [-0.3, -0.25) is 4.79 Å². The summed E-state index contributed by atoms with van der Waals surface area (Å²) in [6.45, 7) is 5.50. The molecule has 0 N–H and O–H groups in total. The number of fused-ring (bicyclic) bond motifs is 2. The maximum absolute atomic E-state index is 13.8. The van der Waals surface area contributed by atoms with Gasteiger partial charge in [0.05, 0.1) is 36.7 Å². The number of piperazine rings is 1. The van der Waals surface area contributed by atoms with E-state index in [2.05, 4.69) is 30.7 Å². The van der Waals surface area contributed by atoms with E-state index in [-0.39, 0.29) is 31.6 Å². The minimum Gasteiger partial charge on any atom is -0.497 e. The lowest BCUT2D eigenvalue weighted by Crippen LogP contribution is -2.55. The van der Waals surface area contributed by atoms with Gasteiger partial charge in [0.1, 0.15) is 18.2 Å². The summed E-state index contributed by atoms with van der Waals surface area (Å²) in [6, 6.07) is 18.0. The van der Waals surface area contributed by atoms with Gasteiger partial charge < -0.3 is 24.2 Å². The summed E-state index contributed by atoms with van der Waals surface area (Å²) < 4.78 is 25.6. The van der Waals surface area contributed by atoms with Crippen LogP contribution in [0.15, 0.2) is 60.9 Å². The van der Waals surface area contributed by atoms with Crippen LogP contribution in [0.5, 0.6) is 11.8 Å². The highest BCUT2D eigenvalue weighted by Gasteiger charge is 2.33. The number of amides is 1. The molecule has 10 nitrogen and oxygen atoms in total. The number of hydrogen-bond donors (Lipinski definition) is 0. The third-order valence-electron chi connectivity index (χ3n) is 8.54. The molecule has 2 fully saturated rings. The number of halogens is 1. The van der Waals surface area contributed by atoms with E-state index in [1.54, 1.807) is 7.11 Å². The van der Waals surface area contributed by atoms with Crippen molar-refractivity contribution >= 4 is 33.5 Å². The highest BCUT2D eigenvalue weighted by atomic mass is 19.1. The van der Waals surface area contributed by atoms with Gasteiger partial charge >= 0.3 is 6.01 Å². The summed E-state index contributed by atoms with van der Waals surface area (Å²) in [5.74, 6) is -0.517. The number of anilines is 1. The van der Waals surface area contributed by atoms with Crippen molar-refractivity contribution in [2.45, 2.75) is 31.3 Å². The number of likely N-dealkylation sites (N-methyl/N-ethyl adjacent to an activating group) is 1. The van der Waals surface area contributed by atoms with E-state index in [1.807, 2.05) is 47.4 Å². The van der Waals surface area contributed by atoms with Crippen LogP contribution in [-0.4, -0.2) is 89.7 Å². The predicted molar refractivity (Wildman–Crippen MR) is 166 cm³/mol. The zero-order valence-corrected chi connectivity index (χ0v) is 24.9. The molecule has 2 aliphatic rings. The fraction of sp³-hybridized carbons (Fsp3) is 0.364. The fourth-order valence-corrected chi connectivity index (χ4v) is 6.15. The second kappa shape index (κ2) is 12.4. The van der Waals surface area contributed by atoms with Crippen LogP contribution in [0.2, 0.25) is 0 Å². The van der Waals surface area contributed by atoms with Crippen molar-refractivity contribution in [1.82, 2.24) is 24.8 Å². The Bertz CT molecular complexity index is 1770. The van der Waals surface area contributed by atoms with E-state index < -0.39 is 17.8 Å². The summed E-state index contributed by atoms with van der Waals surface area (Å²) in [7, 11) is 3.73. The van der Waals surface area contributed by atoms with E-state index >= 15 is 0 Å². The lowest BCUT2D eigenvalue weighted by Gasteiger charge is -2.41. The van der Waals surface area contributed by atoms with E-state index in [9.17, 15) is 14.4 Å². The van der Waals surface area contributed by atoms with Crippen molar-refractivity contribution < 1.29 is 18.7 Å². The first-order chi connectivity index (χ1) is 21.4. The lowest BCUT2D eigenvalue weighted by molar-refractivity contribution is -0.131. The minimum atomic E-state index is -1.04. The zero-order valence-electron chi connectivity index (χ0n) is 24.9. The molecule has 0 saturated carbocycles. The smallest absolute Gasteiger partial charge is 0.320 e. The normalized spacial score (nSPS) is 18.9. The van der Waals surface area contributed by atoms with Gasteiger partial charge in [-0.15, -0.1) is 0 Å². The van der Waals surface area contributed by atoms with Gasteiger partial charge in [0.2, 0.25) is 0 Å². The summed E-state index contributed by atoms with van der Waals surface area (Å²) in [6.07, 6.45) is 2.19. The van der Waals surface area contributed by atoms with Gasteiger partial charge in [-0.1, -0.05) is 30.8 Å². The van der Waals surface area contributed by atoms with Gasteiger partial charge in [-0.2, -0.15) is 15.2 Å². The van der Waals surface area contributed by atoms with Crippen LogP contribution >= 0.6 is 0 Å². The Morgan fingerprint density at radius 3 is 2.68 bits per heavy atom. The Hall–Kier alpha value is -4.82. The highest BCUT2D eigenvalue weighted by Crippen LogP contribution is 2.35. The topological polar surface area (TPSA) is 108 Å². The molecule has 2 aromatic carbocycles. The van der Waals surface area contributed by atoms with Crippen LogP contribution in [0, 0.1) is 11.3 Å². The first kappa shape index (κ1) is 29.3.